The average molecular weight is 328 g/mol. The third kappa shape index (κ3) is 3.44. The number of carbonyl (C=O) groups excluding carboxylic acids is 1. The highest BCUT2D eigenvalue weighted by Crippen LogP contribution is 2.49. The second-order valence-electron chi connectivity index (χ2n) is 7.64. The molecular weight excluding hydrogens is 300 g/mol. The Bertz CT molecular complexity index is 583. The number of para-hydroxylation sites is 1. The molecule has 4 nitrogen and oxygen atoms in total. The standard InChI is InChI=1S/C20H28N2O2/c23-20(13-18-12-15-5-6-16(18)11-15)21-14-17-3-1-2-4-19(17)22-7-9-24-10-8-22/h1-4,15-16,18H,5-14H2,(H,21,23)/t15-,16-,18-/m0/s1. The maximum atomic E-state index is 12.4. The molecule has 1 aliphatic heterocycles. The molecule has 4 heteroatoms. The molecule has 2 saturated carbocycles. The van der Waals surface area contributed by atoms with Crippen molar-refractivity contribution in [1.82, 2.24) is 5.32 Å². The number of ether oxygens (including phenoxy) is 1. The number of carbonyl (C=O) groups is 1. The van der Waals surface area contributed by atoms with Crippen LogP contribution in [0.3, 0.4) is 0 Å². The summed E-state index contributed by atoms with van der Waals surface area (Å²) in [5.41, 5.74) is 2.45. The summed E-state index contributed by atoms with van der Waals surface area (Å²) in [6, 6.07) is 8.41. The van der Waals surface area contributed by atoms with Crippen LogP contribution in [-0.2, 0) is 16.1 Å². The van der Waals surface area contributed by atoms with Crippen molar-refractivity contribution in [2.75, 3.05) is 31.2 Å². The van der Waals surface area contributed by atoms with Gasteiger partial charge in [0.2, 0.25) is 5.91 Å². The number of amides is 1. The Balaban J connectivity index is 1.33. The molecule has 130 valence electrons. The summed E-state index contributed by atoms with van der Waals surface area (Å²) >= 11 is 0. The topological polar surface area (TPSA) is 41.6 Å². The molecule has 1 N–H and O–H groups in total. The van der Waals surface area contributed by atoms with E-state index in [1.165, 1.54) is 36.9 Å². The van der Waals surface area contributed by atoms with Crippen molar-refractivity contribution in [2.24, 2.45) is 17.8 Å². The van der Waals surface area contributed by atoms with Crippen LogP contribution in [0.15, 0.2) is 24.3 Å². The van der Waals surface area contributed by atoms with Crippen molar-refractivity contribution in [3.8, 4) is 0 Å². The van der Waals surface area contributed by atoms with Gasteiger partial charge in [-0.1, -0.05) is 24.6 Å². The van der Waals surface area contributed by atoms with Crippen LogP contribution >= 0.6 is 0 Å². The molecule has 2 bridgehead atoms. The second kappa shape index (κ2) is 7.14. The van der Waals surface area contributed by atoms with E-state index in [4.69, 9.17) is 4.74 Å². The molecule has 0 unspecified atom stereocenters. The van der Waals surface area contributed by atoms with E-state index < -0.39 is 0 Å². The number of morpholine rings is 1. The summed E-state index contributed by atoms with van der Waals surface area (Å²) in [6.45, 7) is 4.05. The predicted octanol–water partition coefficient (Wildman–Crippen LogP) is 2.97. The maximum Gasteiger partial charge on any atom is 0.220 e. The number of benzene rings is 1. The molecule has 0 radical (unpaired) electrons. The minimum absolute atomic E-state index is 0.226. The first-order valence-corrected chi connectivity index (χ1v) is 9.47. The highest BCUT2D eigenvalue weighted by atomic mass is 16.5. The molecule has 4 rings (SSSR count). The number of rotatable bonds is 5. The van der Waals surface area contributed by atoms with Crippen molar-refractivity contribution in [1.29, 1.82) is 0 Å². The van der Waals surface area contributed by atoms with Crippen molar-refractivity contribution in [3.63, 3.8) is 0 Å². The van der Waals surface area contributed by atoms with Crippen LogP contribution in [0.2, 0.25) is 0 Å². The minimum atomic E-state index is 0.226. The first-order chi connectivity index (χ1) is 11.8. The molecule has 1 heterocycles. The van der Waals surface area contributed by atoms with Gasteiger partial charge in [0, 0.05) is 31.7 Å². The molecule has 1 aromatic carbocycles. The van der Waals surface area contributed by atoms with Gasteiger partial charge < -0.3 is 15.0 Å². The van der Waals surface area contributed by atoms with Crippen molar-refractivity contribution < 1.29 is 9.53 Å². The average Bonchev–Trinajstić information content (AvgIpc) is 3.24. The number of hydrogen-bond donors (Lipinski definition) is 1. The molecule has 0 aromatic heterocycles. The Morgan fingerprint density at radius 1 is 1.17 bits per heavy atom. The molecule has 1 saturated heterocycles. The van der Waals surface area contributed by atoms with Crippen LogP contribution in [0.1, 0.15) is 37.7 Å². The zero-order chi connectivity index (χ0) is 16.4. The van der Waals surface area contributed by atoms with Gasteiger partial charge >= 0.3 is 0 Å². The van der Waals surface area contributed by atoms with Gasteiger partial charge in [0.05, 0.1) is 13.2 Å². The molecule has 1 aromatic rings. The zero-order valence-electron chi connectivity index (χ0n) is 14.4. The normalized spacial score (nSPS) is 29.0. The summed E-state index contributed by atoms with van der Waals surface area (Å²) < 4.78 is 5.45. The number of anilines is 1. The third-order valence-electron chi connectivity index (χ3n) is 6.15. The first-order valence-electron chi connectivity index (χ1n) is 9.47. The fourth-order valence-electron chi connectivity index (χ4n) is 4.90. The van der Waals surface area contributed by atoms with Crippen molar-refractivity contribution in [2.45, 2.75) is 38.6 Å². The Hall–Kier alpha value is -1.55. The number of fused-ring (bicyclic) bond motifs is 2. The SMILES string of the molecule is O=C(C[C@@H]1C[C@H]2CC[C@H]1C2)NCc1ccccc1N1CCOCC1. The fraction of sp³-hybridized carbons (Fsp3) is 0.650. The van der Waals surface area contributed by atoms with Gasteiger partial charge in [-0.2, -0.15) is 0 Å². The first kappa shape index (κ1) is 15.9. The summed E-state index contributed by atoms with van der Waals surface area (Å²) in [4.78, 5) is 14.8. The van der Waals surface area contributed by atoms with Gasteiger partial charge in [-0.3, -0.25) is 4.79 Å². The van der Waals surface area contributed by atoms with Gasteiger partial charge in [0.1, 0.15) is 0 Å². The lowest BCUT2D eigenvalue weighted by molar-refractivity contribution is -0.122. The van der Waals surface area contributed by atoms with Gasteiger partial charge in [-0.05, 0) is 48.6 Å². The Morgan fingerprint density at radius 2 is 2.00 bits per heavy atom. The molecule has 3 aliphatic rings. The van der Waals surface area contributed by atoms with E-state index in [1.807, 2.05) is 0 Å². The molecule has 24 heavy (non-hydrogen) atoms. The van der Waals surface area contributed by atoms with E-state index >= 15 is 0 Å². The smallest absolute Gasteiger partial charge is 0.220 e. The van der Waals surface area contributed by atoms with Crippen LogP contribution in [0.25, 0.3) is 0 Å². The lowest BCUT2D eigenvalue weighted by Crippen LogP contribution is -2.37. The molecule has 2 aliphatic carbocycles. The second-order valence-corrected chi connectivity index (χ2v) is 7.64. The Labute approximate surface area is 144 Å². The highest BCUT2D eigenvalue weighted by molar-refractivity contribution is 5.76. The van der Waals surface area contributed by atoms with Crippen LogP contribution in [0.5, 0.6) is 0 Å². The third-order valence-corrected chi connectivity index (χ3v) is 6.15. The molecule has 3 atom stereocenters. The number of nitrogens with zero attached hydrogens (tertiary/aromatic N) is 1. The molecule has 3 fully saturated rings. The molecule has 0 spiro atoms. The largest absolute Gasteiger partial charge is 0.378 e. The van der Waals surface area contributed by atoms with Crippen LogP contribution in [-0.4, -0.2) is 32.2 Å². The summed E-state index contributed by atoms with van der Waals surface area (Å²) in [5.74, 6) is 2.60. The minimum Gasteiger partial charge on any atom is -0.378 e. The van der Waals surface area contributed by atoms with E-state index in [0.29, 0.717) is 12.5 Å². The summed E-state index contributed by atoms with van der Waals surface area (Å²) in [5, 5.41) is 3.17. The Kier molecular flexibility index (Phi) is 4.74. The summed E-state index contributed by atoms with van der Waals surface area (Å²) in [6.07, 6.45) is 6.12. The fourth-order valence-corrected chi connectivity index (χ4v) is 4.90. The van der Waals surface area contributed by atoms with Crippen LogP contribution in [0, 0.1) is 17.8 Å². The van der Waals surface area contributed by atoms with Crippen molar-refractivity contribution in [3.05, 3.63) is 29.8 Å². The van der Waals surface area contributed by atoms with Gasteiger partial charge in [0.25, 0.3) is 0 Å². The van der Waals surface area contributed by atoms with Gasteiger partial charge in [-0.15, -0.1) is 0 Å². The number of hydrogen-bond acceptors (Lipinski definition) is 3. The van der Waals surface area contributed by atoms with E-state index in [1.54, 1.807) is 0 Å². The van der Waals surface area contributed by atoms with Gasteiger partial charge in [-0.25, -0.2) is 0 Å². The van der Waals surface area contributed by atoms with Gasteiger partial charge in [0.15, 0.2) is 0 Å². The maximum absolute atomic E-state index is 12.4. The zero-order valence-corrected chi connectivity index (χ0v) is 14.4. The lowest BCUT2D eigenvalue weighted by atomic mass is 9.86. The summed E-state index contributed by atoms with van der Waals surface area (Å²) in [7, 11) is 0. The van der Waals surface area contributed by atoms with E-state index in [2.05, 4.69) is 34.5 Å². The van der Waals surface area contributed by atoms with E-state index in [9.17, 15) is 4.79 Å². The molecular formula is C20H28N2O2. The monoisotopic (exact) mass is 328 g/mol. The lowest BCUT2D eigenvalue weighted by Gasteiger charge is -2.30. The van der Waals surface area contributed by atoms with E-state index in [-0.39, 0.29) is 5.91 Å². The molecule has 1 amide bonds. The highest BCUT2D eigenvalue weighted by Gasteiger charge is 2.40. The predicted molar refractivity (Wildman–Crippen MR) is 94.9 cm³/mol. The Morgan fingerprint density at radius 3 is 2.75 bits per heavy atom. The van der Waals surface area contributed by atoms with Crippen LogP contribution in [0.4, 0.5) is 5.69 Å². The quantitative estimate of drug-likeness (QED) is 0.903. The van der Waals surface area contributed by atoms with E-state index in [0.717, 1.165) is 44.6 Å². The van der Waals surface area contributed by atoms with Crippen molar-refractivity contribution >= 4 is 11.6 Å². The van der Waals surface area contributed by atoms with Crippen LogP contribution < -0.4 is 10.2 Å². The number of nitrogens with one attached hydrogen (secondary N) is 1.